The molecule has 1 aromatic rings. The molecule has 0 unspecified atom stereocenters. The zero-order valence-electron chi connectivity index (χ0n) is 11.1. The lowest BCUT2D eigenvalue weighted by Gasteiger charge is -2.29. The highest BCUT2D eigenvalue weighted by atomic mass is 16.2. The number of amides is 1. The summed E-state index contributed by atoms with van der Waals surface area (Å²) >= 11 is 0. The van der Waals surface area contributed by atoms with E-state index in [4.69, 9.17) is 5.73 Å². The molecule has 0 aromatic heterocycles. The molecule has 0 fully saturated rings. The minimum Gasteiger partial charge on any atom is -0.398 e. The Balaban J connectivity index is 1.97. The fourth-order valence-electron chi connectivity index (χ4n) is 2.54. The number of fused-ring (bicyclic) bond motifs is 1. The number of unbranched alkanes of at least 4 members (excludes halogenated alkanes) is 2. The maximum absolute atomic E-state index is 12.1. The van der Waals surface area contributed by atoms with Gasteiger partial charge < -0.3 is 10.6 Å². The van der Waals surface area contributed by atoms with Gasteiger partial charge in [0.25, 0.3) is 0 Å². The fourth-order valence-corrected chi connectivity index (χ4v) is 2.54. The molecule has 2 rings (SSSR count). The molecule has 1 heterocycles. The van der Waals surface area contributed by atoms with Crippen molar-refractivity contribution in [3.05, 3.63) is 29.3 Å². The number of nitrogens with zero attached hydrogens (tertiary/aromatic N) is 1. The van der Waals surface area contributed by atoms with E-state index in [2.05, 4.69) is 13.0 Å². The van der Waals surface area contributed by atoms with Crippen molar-refractivity contribution in [2.75, 3.05) is 12.3 Å². The molecule has 0 saturated carbocycles. The third-order valence-corrected chi connectivity index (χ3v) is 3.65. The van der Waals surface area contributed by atoms with Gasteiger partial charge in [-0.3, -0.25) is 4.79 Å². The standard InChI is InChI=1S/C15H22N2O/c1-2-3-4-8-15(18)17-10-9-13-12(11-17)6-5-7-14(13)16/h5-7H,2-4,8-11,16H2,1H3. The number of carbonyl (C=O) groups excluding carboxylic acids is 1. The van der Waals surface area contributed by atoms with Gasteiger partial charge in [-0.2, -0.15) is 0 Å². The van der Waals surface area contributed by atoms with E-state index in [9.17, 15) is 4.79 Å². The normalized spacial score (nSPS) is 14.4. The third kappa shape index (κ3) is 2.84. The lowest BCUT2D eigenvalue weighted by atomic mass is 9.97. The van der Waals surface area contributed by atoms with Crippen LogP contribution in [0.2, 0.25) is 0 Å². The molecular formula is C15H22N2O. The lowest BCUT2D eigenvalue weighted by molar-refractivity contribution is -0.132. The summed E-state index contributed by atoms with van der Waals surface area (Å²) < 4.78 is 0. The van der Waals surface area contributed by atoms with Gasteiger partial charge in [0.1, 0.15) is 0 Å². The zero-order valence-corrected chi connectivity index (χ0v) is 11.1. The van der Waals surface area contributed by atoms with Crippen molar-refractivity contribution in [2.45, 2.75) is 45.6 Å². The quantitative estimate of drug-likeness (QED) is 0.656. The summed E-state index contributed by atoms with van der Waals surface area (Å²) in [5.41, 5.74) is 9.27. The van der Waals surface area contributed by atoms with Crippen molar-refractivity contribution in [3.63, 3.8) is 0 Å². The van der Waals surface area contributed by atoms with Crippen LogP contribution in [0.5, 0.6) is 0 Å². The number of carbonyl (C=O) groups is 1. The van der Waals surface area contributed by atoms with Crippen molar-refractivity contribution in [2.24, 2.45) is 0 Å². The SMILES string of the molecule is CCCCCC(=O)N1CCc2c(N)cccc2C1. The predicted octanol–water partition coefficient (Wildman–Crippen LogP) is 2.73. The molecule has 0 aliphatic carbocycles. The van der Waals surface area contributed by atoms with E-state index in [1.807, 2.05) is 17.0 Å². The second-order valence-corrected chi connectivity index (χ2v) is 5.01. The number of rotatable bonds is 4. The molecule has 0 atom stereocenters. The summed E-state index contributed by atoms with van der Waals surface area (Å²) in [7, 11) is 0. The molecule has 1 aliphatic heterocycles. The minimum atomic E-state index is 0.288. The fraction of sp³-hybridized carbons (Fsp3) is 0.533. The Kier molecular flexibility index (Phi) is 4.24. The van der Waals surface area contributed by atoms with Crippen molar-refractivity contribution < 1.29 is 4.79 Å². The summed E-state index contributed by atoms with van der Waals surface area (Å²) in [4.78, 5) is 14.0. The van der Waals surface area contributed by atoms with Crippen LogP contribution in [0.4, 0.5) is 5.69 Å². The second-order valence-electron chi connectivity index (χ2n) is 5.01. The molecule has 1 amide bonds. The van der Waals surface area contributed by atoms with Gasteiger partial charge in [0.05, 0.1) is 0 Å². The maximum atomic E-state index is 12.1. The van der Waals surface area contributed by atoms with Crippen LogP contribution in [0.1, 0.15) is 43.7 Å². The first-order valence-electron chi connectivity index (χ1n) is 6.86. The summed E-state index contributed by atoms with van der Waals surface area (Å²) in [5, 5.41) is 0. The summed E-state index contributed by atoms with van der Waals surface area (Å²) in [6.07, 6.45) is 4.89. The van der Waals surface area contributed by atoms with E-state index in [1.54, 1.807) is 0 Å². The van der Waals surface area contributed by atoms with E-state index in [-0.39, 0.29) is 5.91 Å². The summed E-state index contributed by atoms with van der Waals surface area (Å²) in [6.45, 7) is 3.70. The van der Waals surface area contributed by atoms with Gasteiger partial charge >= 0.3 is 0 Å². The molecule has 2 N–H and O–H groups in total. The van der Waals surface area contributed by atoms with Crippen molar-refractivity contribution in [1.29, 1.82) is 0 Å². The van der Waals surface area contributed by atoms with Crippen LogP contribution in [-0.2, 0) is 17.8 Å². The average molecular weight is 246 g/mol. The smallest absolute Gasteiger partial charge is 0.222 e. The highest BCUT2D eigenvalue weighted by Crippen LogP contribution is 2.24. The molecule has 18 heavy (non-hydrogen) atoms. The van der Waals surface area contributed by atoms with Crippen LogP contribution in [-0.4, -0.2) is 17.4 Å². The number of anilines is 1. The highest BCUT2D eigenvalue weighted by Gasteiger charge is 2.21. The van der Waals surface area contributed by atoms with Crippen molar-refractivity contribution in [1.82, 2.24) is 4.90 Å². The first-order chi connectivity index (χ1) is 8.72. The topological polar surface area (TPSA) is 46.3 Å². The molecule has 0 saturated heterocycles. The molecule has 0 bridgehead atoms. The van der Waals surface area contributed by atoms with E-state index >= 15 is 0 Å². The van der Waals surface area contributed by atoms with Gasteiger partial charge in [-0.25, -0.2) is 0 Å². The predicted molar refractivity (Wildman–Crippen MR) is 74.1 cm³/mol. The largest absolute Gasteiger partial charge is 0.398 e. The number of hydrogen-bond donors (Lipinski definition) is 1. The van der Waals surface area contributed by atoms with Crippen LogP contribution >= 0.6 is 0 Å². The van der Waals surface area contributed by atoms with Crippen LogP contribution < -0.4 is 5.73 Å². The first-order valence-corrected chi connectivity index (χ1v) is 6.86. The van der Waals surface area contributed by atoms with Crippen LogP contribution in [0, 0.1) is 0 Å². The number of nitrogen functional groups attached to an aromatic ring is 1. The van der Waals surface area contributed by atoms with E-state index in [1.165, 1.54) is 11.1 Å². The van der Waals surface area contributed by atoms with Crippen LogP contribution in [0.15, 0.2) is 18.2 Å². The van der Waals surface area contributed by atoms with Gasteiger partial charge in [0.2, 0.25) is 5.91 Å². The van der Waals surface area contributed by atoms with Gasteiger partial charge in [0.15, 0.2) is 0 Å². The van der Waals surface area contributed by atoms with Crippen LogP contribution in [0.3, 0.4) is 0 Å². The zero-order chi connectivity index (χ0) is 13.0. The molecule has 3 heteroatoms. The Morgan fingerprint density at radius 3 is 3.00 bits per heavy atom. The number of nitrogens with two attached hydrogens (primary N) is 1. The van der Waals surface area contributed by atoms with Crippen molar-refractivity contribution >= 4 is 11.6 Å². The van der Waals surface area contributed by atoms with E-state index in [0.717, 1.165) is 44.5 Å². The summed E-state index contributed by atoms with van der Waals surface area (Å²) in [6, 6.07) is 5.99. The average Bonchev–Trinajstić information content (AvgIpc) is 2.39. The highest BCUT2D eigenvalue weighted by molar-refractivity contribution is 5.76. The molecule has 3 nitrogen and oxygen atoms in total. The maximum Gasteiger partial charge on any atom is 0.222 e. The molecular weight excluding hydrogens is 224 g/mol. The number of benzene rings is 1. The van der Waals surface area contributed by atoms with E-state index < -0.39 is 0 Å². The lowest BCUT2D eigenvalue weighted by Crippen LogP contribution is -2.36. The Morgan fingerprint density at radius 2 is 2.22 bits per heavy atom. The monoisotopic (exact) mass is 246 g/mol. The van der Waals surface area contributed by atoms with Gasteiger partial charge in [0, 0.05) is 25.2 Å². The molecule has 1 aromatic carbocycles. The Hall–Kier alpha value is -1.51. The van der Waals surface area contributed by atoms with Gasteiger partial charge in [-0.15, -0.1) is 0 Å². The Morgan fingerprint density at radius 1 is 1.39 bits per heavy atom. The number of hydrogen-bond acceptors (Lipinski definition) is 2. The van der Waals surface area contributed by atoms with Crippen molar-refractivity contribution in [3.8, 4) is 0 Å². The van der Waals surface area contributed by atoms with E-state index in [0.29, 0.717) is 6.42 Å². The Bertz CT molecular complexity index is 429. The second kappa shape index (κ2) is 5.89. The molecule has 0 radical (unpaired) electrons. The van der Waals surface area contributed by atoms with Gasteiger partial charge in [-0.1, -0.05) is 31.9 Å². The van der Waals surface area contributed by atoms with Crippen LogP contribution in [0.25, 0.3) is 0 Å². The third-order valence-electron chi connectivity index (χ3n) is 3.65. The minimum absolute atomic E-state index is 0.288. The molecule has 98 valence electrons. The van der Waals surface area contributed by atoms with Gasteiger partial charge in [-0.05, 0) is 30.0 Å². The molecule has 1 aliphatic rings. The Labute approximate surface area is 109 Å². The first kappa shape index (κ1) is 12.9. The molecule has 0 spiro atoms. The summed E-state index contributed by atoms with van der Waals surface area (Å²) in [5.74, 6) is 0.288.